The molecule has 0 saturated carbocycles. The van der Waals surface area contributed by atoms with Crippen LogP contribution in [-0.4, -0.2) is 44.9 Å². The second kappa shape index (κ2) is 7.70. The van der Waals surface area contributed by atoms with Crippen LogP contribution in [0.5, 0.6) is 0 Å². The van der Waals surface area contributed by atoms with Crippen LogP contribution in [0, 0.1) is 5.92 Å². The molecule has 2 aliphatic rings. The van der Waals surface area contributed by atoms with Crippen LogP contribution in [-0.2, 0) is 14.2 Å². The zero-order chi connectivity index (χ0) is 17.7. The molecule has 0 bridgehead atoms. The van der Waals surface area contributed by atoms with Gasteiger partial charge in [-0.3, -0.25) is 4.99 Å². The number of hydrogen-bond donors (Lipinski definition) is 0. The Morgan fingerprint density at radius 2 is 2.04 bits per heavy atom. The molecule has 0 aliphatic carbocycles. The number of methoxy groups -OCH3 is 1. The lowest BCUT2D eigenvalue weighted by molar-refractivity contribution is 0.0466. The predicted octanol–water partition coefficient (Wildman–Crippen LogP) is 3.39. The van der Waals surface area contributed by atoms with Gasteiger partial charge in [-0.2, -0.15) is 0 Å². The number of aliphatic imine (C=N–C) groups is 1. The molecule has 1 amide bonds. The standard InChI is InChI=1S/C19H24N2O4/c1-3-25-17-13-19(20-14-17,15-9-11-24-12-10-15)21(18(22)23-2)16-7-5-4-6-8-16/h4-8,13-15H,3,9-12H2,1-2H3. The molecule has 0 N–H and O–H groups in total. The van der Waals surface area contributed by atoms with Crippen LogP contribution in [0.2, 0.25) is 0 Å². The van der Waals surface area contributed by atoms with Gasteiger partial charge in [0.1, 0.15) is 5.76 Å². The minimum absolute atomic E-state index is 0.120. The zero-order valence-corrected chi connectivity index (χ0v) is 14.7. The molecule has 2 heterocycles. The highest BCUT2D eigenvalue weighted by Crippen LogP contribution is 2.41. The molecule has 0 radical (unpaired) electrons. The van der Waals surface area contributed by atoms with E-state index < -0.39 is 11.8 Å². The van der Waals surface area contributed by atoms with E-state index in [9.17, 15) is 4.79 Å². The number of carbonyl (C=O) groups is 1. The van der Waals surface area contributed by atoms with Crippen LogP contribution in [0.4, 0.5) is 10.5 Å². The SMILES string of the molecule is CCOC1=CC(C2CCOCC2)(N(C(=O)OC)c2ccccc2)N=C1. The third-order valence-electron chi connectivity index (χ3n) is 4.62. The Hall–Kier alpha value is -2.34. The summed E-state index contributed by atoms with van der Waals surface area (Å²) < 4.78 is 16.3. The normalized spacial score (nSPS) is 23.2. The number of benzene rings is 1. The van der Waals surface area contributed by atoms with E-state index in [0.29, 0.717) is 25.6 Å². The third kappa shape index (κ3) is 3.39. The maximum absolute atomic E-state index is 12.7. The Morgan fingerprint density at radius 1 is 1.32 bits per heavy atom. The molecule has 25 heavy (non-hydrogen) atoms. The molecule has 2 aliphatic heterocycles. The van der Waals surface area contributed by atoms with Crippen LogP contribution in [0.15, 0.2) is 47.2 Å². The van der Waals surface area contributed by atoms with Crippen molar-refractivity contribution >= 4 is 18.0 Å². The fourth-order valence-corrected chi connectivity index (χ4v) is 3.47. The minimum atomic E-state index is -0.858. The van der Waals surface area contributed by atoms with Crippen molar-refractivity contribution in [2.24, 2.45) is 10.9 Å². The predicted molar refractivity (Wildman–Crippen MR) is 95.8 cm³/mol. The lowest BCUT2D eigenvalue weighted by Gasteiger charge is -2.43. The van der Waals surface area contributed by atoms with Gasteiger partial charge >= 0.3 is 6.09 Å². The molecule has 3 rings (SSSR count). The fourth-order valence-electron chi connectivity index (χ4n) is 3.47. The van der Waals surface area contributed by atoms with Gasteiger partial charge in [0, 0.05) is 30.9 Å². The summed E-state index contributed by atoms with van der Waals surface area (Å²) in [5, 5.41) is 0. The van der Waals surface area contributed by atoms with Crippen molar-refractivity contribution in [3.63, 3.8) is 0 Å². The summed E-state index contributed by atoms with van der Waals surface area (Å²) in [5.41, 5.74) is -0.116. The first-order valence-electron chi connectivity index (χ1n) is 8.63. The maximum Gasteiger partial charge on any atom is 0.416 e. The summed E-state index contributed by atoms with van der Waals surface area (Å²) in [6.07, 6.45) is 4.83. The first-order valence-corrected chi connectivity index (χ1v) is 8.63. The molecule has 0 aromatic heterocycles. The van der Waals surface area contributed by atoms with E-state index in [4.69, 9.17) is 19.2 Å². The zero-order valence-electron chi connectivity index (χ0n) is 14.7. The lowest BCUT2D eigenvalue weighted by Crippen LogP contribution is -2.55. The average molecular weight is 344 g/mol. The molecule has 6 nitrogen and oxygen atoms in total. The van der Waals surface area contributed by atoms with Crippen molar-refractivity contribution in [2.75, 3.05) is 31.8 Å². The second-order valence-electron chi connectivity index (χ2n) is 6.05. The van der Waals surface area contributed by atoms with E-state index in [2.05, 4.69) is 0 Å². The Kier molecular flexibility index (Phi) is 5.38. The number of para-hydroxylation sites is 1. The van der Waals surface area contributed by atoms with Crippen molar-refractivity contribution in [1.29, 1.82) is 0 Å². The monoisotopic (exact) mass is 344 g/mol. The number of anilines is 1. The smallest absolute Gasteiger partial charge is 0.416 e. The number of ether oxygens (including phenoxy) is 3. The summed E-state index contributed by atoms with van der Waals surface area (Å²) in [4.78, 5) is 19.1. The van der Waals surface area contributed by atoms with Gasteiger partial charge in [0.05, 0.1) is 19.9 Å². The molecule has 1 atom stereocenters. The Morgan fingerprint density at radius 3 is 2.68 bits per heavy atom. The Bertz CT molecular complexity index is 653. The van der Waals surface area contributed by atoms with E-state index in [1.165, 1.54) is 7.11 Å². The van der Waals surface area contributed by atoms with Gasteiger partial charge in [-0.1, -0.05) is 18.2 Å². The van der Waals surface area contributed by atoms with E-state index >= 15 is 0 Å². The first-order chi connectivity index (χ1) is 12.2. The topological polar surface area (TPSA) is 60.4 Å². The fraction of sp³-hybridized carbons (Fsp3) is 0.474. The highest BCUT2D eigenvalue weighted by Gasteiger charge is 2.48. The van der Waals surface area contributed by atoms with Crippen LogP contribution >= 0.6 is 0 Å². The molecular formula is C19H24N2O4. The molecule has 134 valence electrons. The van der Waals surface area contributed by atoms with E-state index in [0.717, 1.165) is 18.5 Å². The van der Waals surface area contributed by atoms with Gasteiger partial charge in [0.2, 0.25) is 0 Å². The van der Waals surface area contributed by atoms with E-state index in [1.54, 1.807) is 11.1 Å². The van der Waals surface area contributed by atoms with Crippen LogP contribution in [0.1, 0.15) is 19.8 Å². The molecule has 1 aromatic carbocycles. The van der Waals surface area contributed by atoms with Gasteiger partial charge in [0.15, 0.2) is 5.66 Å². The number of rotatable bonds is 5. The maximum atomic E-state index is 12.7. The highest BCUT2D eigenvalue weighted by molar-refractivity contribution is 5.92. The number of carbonyl (C=O) groups excluding carboxylic acids is 1. The number of amides is 1. The number of allylic oxidation sites excluding steroid dienone is 1. The van der Waals surface area contributed by atoms with Gasteiger partial charge in [-0.25, -0.2) is 9.69 Å². The summed E-state index contributed by atoms with van der Waals surface area (Å²) in [6, 6.07) is 9.49. The summed E-state index contributed by atoms with van der Waals surface area (Å²) in [6.45, 7) is 3.79. The van der Waals surface area contributed by atoms with Crippen molar-refractivity contribution in [3.05, 3.63) is 42.2 Å². The quantitative estimate of drug-likeness (QED) is 0.821. The third-order valence-corrected chi connectivity index (χ3v) is 4.62. The summed E-state index contributed by atoms with van der Waals surface area (Å²) >= 11 is 0. The number of hydrogen-bond acceptors (Lipinski definition) is 5. The van der Waals surface area contributed by atoms with Crippen LogP contribution in [0.3, 0.4) is 0 Å². The molecule has 6 heteroatoms. The summed E-state index contributed by atoms with van der Waals surface area (Å²) in [7, 11) is 1.39. The average Bonchev–Trinajstić information content (AvgIpc) is 3.08. The van der Waals surface area contributed by atoms with E-state index in [-0.39, 0.29) is 5.92 Å². The Balaban J connectivity index is 2.08. The van der Waals surface area contributed by atoms with Gasteiger partial charge in [-0.15, -0.1) is 0 Å². The van der Waals surface area contributed by atoms with Gasteiger partial charge in [0.25, 0.3) is 0 Å². The lowest BCUT2D eigenvalue weighted by atomic mass is 9.84. The molecule has 1 saturated heterocycles. The van der Waals surface area contributed by atoms with Crippen molar-refractivity contribution in [3.8, 4) is 0 Å². The molecule has 1 fully saturated rings. The van der Waals surface area contributed by atoms with E-state index in [1.807, 2.05) is 43.3 Å². The van der Waals surface area contributed by atoms with Crippen LogP contribution < -0.4 is 4.90 Å². The first kappa shape index (κ1) is 17.5. The largest absolute Gasteiger partial charge is 0.492 e. The minimum Gasteiger partial charge on any atom is -0.492 e. The van der Waals surface area contributed by atoms with Crippen molar-refractivity contribution in [1.82, 2.24) is 0 Å². The summed E-state index contributed by atoms with van der Waals surface area (Å²) in [5.74, 6) is 0.800. The van der Waals surface area contributed by atoms with Gasteiger partial charge in [-0.05, 0) is 31.9 Å². The van der Waals surface area contributed by atoms with Gasteiger partial charge < -0.3 is 14.2 Å². The molecule has 1 aromatic rings. The number of nitrogens with zero attached hydrogens (tertiary/aromatic N) is 2. The van der Waals surface area contributed by atoms with Crippen molar-refractivity contribution < 1.29 is 19.0 Å². The molecular weight excluding hydrogens is 320 g/mol. The molecule has 0 spiro atoms. The highest BCUT2D eigenvalue weighted by atomic mass is 16.5. The second-order valence-corrected chi connectivity index (χ2v) is 6.05. The van der Waals surface area contributed by atoms with Crippen molar-refractivity contribution in [2.45, 2.75) is 25.4 Å². The Labute approximate surface area is 148 Å². The molecule has 1 unspecified atom stereocenters. The van der Waals surface area contributed by atoms with Crippen LogP contribution in [0.25, 0.3) is 0 Å².